The van der Waals surface area contributed by atoms with Gasteiger partial charge in [-0.15, -0.1) is 0 Å². The van der Waals surface area contributed by atoms with Gasteiger partial charge in [0.05, 0.1) is 17.5 Å². The fourth-order valence-electron chi connectivity index (χ4n) is 1.84. The number of carbonyl (C=O) groups is 1. The van der Waals surface area contributed by atoms with E-state index in [0.29, 0.717) is 12.8 Å². The molecule has 0 aliphatic heterocycles. The molecule has 1 aromatic rings. The maximum Gasteiger partial charge on any atom is 0.253 e. The van der Waals surface area contributed by atoms with E-state index in [4.69, 9.17) is 5.73 Å². The lowest BCUT2D eigenvalue weighted by atomic mass is 9.94. The van der Waals surface area contributed by atoms with E-state index in [9.17, 15) is 17.6 Å². The number of halogens is 1. The first kappa shape index (κ1) is 18.4. The molecule has 124 valence electrons. The van der Waals surface area contributed by atoms with Crippen LogP contribution in [0, 0.1) is 5.82 Å². The second-order valence-corrected chi connectivity index (χ2v) is 7.06. The van der Waals surface area contributed by atoms with Crippen molar-refractivity contribution >= 4 is 21.6 Å². The fourth-order valence-corrected chi connectivity index (χ4v) is 2.42. The number of rotatable bonds is 7. The van der Waals surface area contributed by atoms with Gasteiger partial charge in [-0.1, -0.05) is 13.8 Å². The molecular weight excluding hydrogens is 309 g/mol. The number of anilines is 1. The van der Waals surface area contributed by atoms with Crippen molar-refractivity contribution in [2.45, 2.75) is 32.2 Å². The van der Waals surface area contributed by atoms with Crippen LogP contribution >= 0.6 is 0 Å². The molecule has 1 amide bonds. The topological polar surface area (TPSA) is 101 Å². The molecule has 0 unspecified atom stereocenters. The number of carbonyl (C=O) groups excluding carboxylic acids is 1. The molecule has 0 fully saturated rings. The Kier molecular flexibility index (Phi) is 5.90. The van der Waals surface area contributed by atoms with Crippen molar-refractivity contribution < 1.29 is 17.6 Å². The summed E-state index contributed by atoms with van der Waals surface area (Å²) in [6.07, 6.45) is 2.29. The summed E-state index contributed by atoms with van der Waals surface area (Å²) >= 11 is 0. The second-order valence-electron chi connectivity index (χ2n) is 5.32. The molecule has 8 heteroatoms. The van der Waals surface area contributed by atoms with Crippen LogP contribution in [0.25, 0.3) is 0 Å². The molecule has 4 N–H and O–H groups in total. The lowest BCUT2D eigenvalue weighted by molar-refractivity contribution is 0.0942. The van der Waals surface area contributed by atoms with Crippen molar-refractivity contribution in [3.8, 4) is 0 Å². The maximum atomic E-state index is 13.4. The fraction of sp³-hybridized carbons (Fsp3) is 0.500. The van der Waals surface area contributed by atoms with E-state index in [2.05, 4.69) is 10.0 Å². The van der Waals surface area contributed by atoms with Gasteiger partial charge in [-0.3, -0.25) is 9.52 Å². The summed E-state index contributed by atoms with van der Waals surface area (Å²) in [4.78, 5) is 12.2. The van der Waals surface area contributed by atoms with E-state index >= 15 is 0 Å². The minimum atomic E-state index is -3.58. The van der Waals surface area contributed by atoms with Crippen molar-refractivity contribution in [3.63, 3.8) is 0 Å². The van der Waals surface area contributed by atoms with Gasteiger partial charge in [0, 0.05) is 12.1 Å². The number of amides is 1. The molecule has 1 rings (SSSR count). The van der Waals surface area contributed by atoms with Crippen LogP contribution in [-0.2, 0) is 10.0 Å². The van der Waals surface area contributed by atoms with E-state index in [1.54, 1.807) is 0 Å². The van der Waals surface area contributed by atoms with Crippen LogP contribution in [0.3, 0.4) is 0 Å². The van der Waals surface area contributed by atoms with Gasteiger partial charge in [0.2, 0.25) is 10.0 Å². The van der Waals surface area contributed by atoms with E-state index in [0.717, 1.165) is 18.4 Å². The van der Waals surface area contributed by atoms with Crippen LogP contribution in [0.5, 0.6) is 0 Å². The Hall–Kier alpha value is -1.67. The maximum absolute atomic E-state index is 13.4. The minimum Gasteiger partial charge on any atom is -0.350 e. The highest BCUT2D eigenvalue weighted by Crippen LogP contribution is 2.19. The lowest BCUT2D eigenvalue weighted by Gasteiger charge is -2.27. The number of sulfonamides is 1. The Morgan fingerprint density at radius 2 is 1.91 bits per heavy atom. The van der Waals surface area contributed by atoms with Gasteiger partial charge in [-0.25, -0.2) is 12.8 Å². The van der Waals surface area contributed by atoms with Gasteiger partial charge in [-0.2, -0.15) is 0 Å². The van der Waals surface area contributed by atoms with Gasteiger partial charge >= 0.3 is 0 Å². The minimum absolute atomic E-state index is 0.0250. The van der Waals surface area contributed by atoms with Crippen LogP contribution in [0.1, 0.15) is 37.0 Å². The van der Waals surface area contributed by atoms with Crippen molar-refractivity contribution in [2.24, 2.45) is 5.73 Å². The summed E-state index contributed by atoms with van der Waals surface area (Å²) in [5, 5.41) is 2.63. The first-order chi connectivity index (χ1) is 10.1. The summed E-state index contributed by atoms with van der Waals surface area (Å²) in [6.45, 7) is 4.04. The predicted molar refractivity (Wildman–Crippen MR) is 84.7 cm³/mol. The van der Waals surface area contributed by atoms with Crippen molar-refractivity contribution in [1.82, 2.24) is 5.32 Å². The average molecular weight is 331 g/mol. The highest BCUT2D eigenvalue weighted by Gasteiger charge is 2.22. The summed E-state index contributed by atoms with van der Waals surface area (Å²) < 4.78 is 38.2. The summed E-state index contributed by atoms with van der Waals surface area (Å²) in [5.74, 6) is -1.21. The van der Waals surface area contributed by atoms with Gasteiger partial charge in [0.15, 0.2) is 0 Å². The highest BCUT2D eigenvalue weighted by molar-refractivity contribution is 7.92. The van der Waals surface area contributed by atoms with Crippen LogP contribution < -0.4 is 15.8 Å². The van der Waals surface area contributed by atoms with Gasteiger partial charge in [0.25, 0.3) is 5.91 Å². The Bertz CT molecular complexity index is 643. The molecule has 0 bridgehead atoms. The first-order valence-corrected chi connectivity index (χ1v) is 8.84. The number of nitrogens with one attached hydrogen (secondary N) is 2. The molecular formula is C14H22FN3O3S. The van der Waals surface area contributed by atoms with E-state index < -0.39 is 27.3 Å². The Balaban J connectivity index is 2.99. The summed E-state index contributed by atoms with van der Waals surface area (Å²) in [6, 6.07) is 3.27. The largest absolute Gasteiger partial charge is 0.350 e. The molecule has 0 atom stereocenters. The predicted octanol–water partition coefficient (Wildman–Crippen LogP) is 1.44. The average Bonchev–Trinajstić information content (AvgIpc) is 2.45. The van der Waals surface area contributed by atoms with Gasteiger partial charge in [-0.05, 0) is 31.0 Å². The molecule has 22 heavy (non-hydrogen) atoms. The summed E-state index contributed by atoms with van der Waals surface area (Å²) in [7, 11) is -3.58. The third-order valence-electron chi connectivity index (χ3n) is 3.53. The molecule has 6 nitrogen and oxygen atoms in total. The molecule has 0 aliphatic carbocycles. The zero-order valence-corrected chi connectivity index (χ0v) is 13.8. The zero-order valence-electron chi connectivity index (χ0n) is 12.9. The Morgan fingerprint density at radius 3 is 2.41 bits per heavy atom. The molecule has 0 heterocycles. The first-order valence-electron chi connectivity index (χ1n) is 6.94. The van der Waals surface area contributed by atoms with Crippen molar-refractivity contribution in [1.29, 1.82) is 0 Å². The number of nitrogens with two attached hydrogens (primary N) is 1. The number of benzene rings is 1. The molecule has 1 aromatic carbocycles. The highest BCUT2D eigenvalue weighted by atomic mass is 32.2. The lowest BCUT2D eigenvalue weighted by Crippen LogP contribution is -2.49. The number of hydrogen-bond acceptors (Lipinski definition) is 4. The van der Waals surface area contributed by atoms with E-state index in [1.165, 1.54) is 6.07 Å². The normalized spacial score (nSPS) is 12.0. The summed E-state index contributed by atoms with van der Waals surface area (Å²) in [5.41, 5.74) is 5.49. The SMILES string of the molecule is CCC(N)(CC)CNC(=O)c1cc(F)ccc1NS(C)(=O)=O. The van der Waals surface area contributed by atoms with Crippen molar-refractivity contribution in [2.75, 3.05) is 17.5 Å². The van der Waals surface area contributed by atoms with Crippen molar-refractivity contribution in [3.05, 3.63) is 29.6 Å². The van der Waals surface area contributed by atoms with Crippen LogP contribution in [0.2, 0.25) is 0 Å². The van der Waals surface area contributed by atoms with E-state index in [1.807, 2.05) is 13.8 Å². The Labute approximate surface area is 130 Å². The molecule has 0 aromatic heterocycles. The third kappa shape index (κ3) is 5.27. The Morgan fingerprint density at radius 1 is 1.32 bits per heavy atom. The van der Waals surface area contributed by atoms with E-state index in [-0.39, 0.29) is 17.8 Å². The number of hydrogen-bond donors (Lipinski definition) is 3. The quantitative estimate of drug-likeness (QED) is 0.704. The molecule has 0 saturated carbocycles. The molecule has 0 saturated heterocycles. The van der Waals surface area contributed by atoms with Gasteiger partial charge in [0.1, 0.15) is 5.82 Å². The third-order valence-corrected chi connectivity index (χ3v) is 4.12. The molecule has 0 radical (unpaired) electrons. The van der Waals surface area contributed by atoms with Crippen LogP contribution in [0.15, 0.2) is 18.2 Å². The molecule has 0 aliphatic rings. The monoisotopic (exact) mass is 331 g/mol. The van der Waals surface area contributed by atoms with Gasteiger partial charge < -0.3 is 11.1 Å². The molecule has 0 spiro atoms. The van der Waals surface area contributed by atoms with Crippen LogP contribution in [0.4, 0.5) is 10.1 Å². The van der Waals surface area contributed by atoms with Crippen LogP contribution in [-0.4, -0.2) is 32.7 Å². The zero-order chi connectivity index (χ0) is 17.0. The smallest absolute Gasteiger partial charge is 0.253 e. The standard InChI is InChI=1S/C14H22FN3O3S/c1-4-14(16,5-2)9-17-13(19)11-8-10(15)6-7-12(11)18-22(3,20)21/h6-8,18H,4-5,9,16H2,1-3H3,(H,17,19). The second kappa shape index (κ2) is 7.06.